The fourth-order valence-electron chi connectivity index (χ4n) is 1.14. The standard InChI is InChI=1S/C8H6O3.C7H12O3/c9-5-6-3-1-2-4-7(6)8(10)11;1-6(2)7(8)10-5-4-9-3/h1-5H,(H,10,11);1,4-5H2,2-3H3. The molecule has 1 aromatic rings. The number of methoxy groups -OCH3 is 1. The number of carboxylic acids is 1. The van der Waals surface area contributed by atoms with Crippen LogP contribution in [-0.2, 0) is 14.3 Å². The van der Waals surface area contributed by atoms with Crippen LogP contribution < -0.4 is 0 Å². The Morgan fingerprint density at radius 1 is 1.29 bits per heavy atom. The van der Waals surface area contributed by atoms with E-state index in [4.69, 9.17) is 5.11 Å². The largest absolute Gasteiger partial charge is 0.478 e. The molecule has 6 nitrogen and oxygen atoms in total. The molecule has 0 aromatic heterocycles. The summed E-state index contributed by atoms with van der Waals surface area (Å²) in [7, 11) is 1.55. The minimum Gasteiger partial charge on any atom is -0.478 e. The highest BCUT2D eigenvalue weighted by molar-refractivity contribution is 5.96. The van der Waals surface area contributed by atoms with Gasteiger partial charge >= 0.3 is 11.9 Å². The van der Waals surface area contributed by atoms with Crippen molar-refractivity contribution in [3.63, 3.8) is 0 Å². The fourth-order valence-corrected chi connectivity index (χ4v) is 1.14. The Morgan fingerprint density at radius 2 is 1.90 bits per heavy atom. The molecule has 0 fully saturated rings. The Kier molecular flexibility index (Phi) is 9.12. The smallest absolute Gasteiger partial charge is 0.336 e. The number of aromatic carboxylic acids is 1. The number of hydrogen-bond donors (Lipinski definition) is 1. The molecule has 0 aliphatic carbocycles. The lowest BCUT2D eigenvalue weighted by atomic mass is 10.1. The third kappa shape index (κ3) is 7.64. The van der Waals surface area contributed by atoms with Crippen LogP contribution >= 0.6 is 0 Å². The van der Waals surface area contributed by atoms with Crippen molar-refractivity contribution in [2.75, 3.05) is 20.3 Å². The van der Waals surface area contributed by atoms with Crippen LogP contribution in [-0.4, -0.2) is 43.7 Å². The second-order valence-corrected chi connectivity index (χ2v) is 3.92. The molecule has 0 aliphatic heterocycles. The van der Waals surface area contributed by atoms with E-state index >= 15 is 0 Å². The molecule has 0 amide bonds. The number of benzene rings is 1. The van der Waals surface area contributed by atoms with Crippen LogP contribution in [0, 0.1) is 0 Å². The van der Waals surface area contributed by atoms with E-state index < -0.39 is 5.97 Å². The molecular formula is C15H18O6. The van der Waals surface area contributed by atoms with E-state index in [1.54, 1.807) is 26.2 Å². The first-order chi connectivity index (χ1) is 9.93. The number of carboxylic acid groups (broad SMARTS) is 1. The Hall–Kier alpha value is -2.47. The molecule has 1 N–H and O–H groups in total. The average Bonchev–Trinajstić information content (AvgIpc) is 2.47. The first-order valence-electron chi connectivity index (χ1n) is 6.03. The van der Waals surface area contributed by atoms with Gasteiger partial charge in [-0.05, 0) is 13.0 Å². The lowest BCUT2D eigenvalue weighted by molar-refractivity contribution is -0.140. The zero-order chi connectivity index (χ0) is 16.3. The first kappa shape index (κ1) is 18.5. The zero-order valence-corrected chi connectivity index (χ0v) is 12.0. The van der Waals surface area contributed by atoms with Gasteiger partial charge in [0.15, 0.2) is 6.29 Å². The van der Waals surface area contributed by atoms with Gasteiger partial charge in [0.1, 0.15) is 6.61 Å². The first-order valence-corrected chi connectivity index (χ1v) is 6.03. The summed E-state index contributed by atoms with van der Waals surface area (Å²) in [6.07, 6.45) is 0.531. The van der Waals surface area contributed by atoms with Gasteiger partial charge in [-0.1, -0.05) is 24.8 Å². The van der Waals surface area contributed by atoms with E-state index in [1.165, 1.54) is 12.1 Å². The molecular weight excluding hydrogens is 276 g/mol. The molecule has 0 heterocycles. The van der Waals surface area contributed by atoms with E-state index in [9.17, 15) is 14.4 Å². The maximum atomic E-state index is 10.6. The van der Waals surface area contributed by atoms with Gasteiger partial charge in [0.05, 0.1) is 12.2 Å². The number of carbonyl (C=O) groups excluding carboxylic acids is 2. The molecule has 0 atom stereocenters. The summed E-state index contributed by atoms with van der Waals surface area (Å²) >= 11 is 0. The summed E-state index contributed by atoms with van der Waals surface area (Å²) in [5, 5.41) is 8.54. The van der Waals surface area contributed by atoms with Crippen LogP contribution in [0.25, 0.3) is 0 Å². The van der Waals surface area contributed by atoms with Gasteiger partial charge in [-0.25, -0.2) is 9.59 Å². The highest BCUT2D eigenvalue weighted by Crippen LogP contribution is 2.04. The third-order valence-electron chi connectivity index (χ3n) is 2.19. The molecule has 0 saturated heterocycles. The maximum absolute atomic E-state index is 10.6. The van der Waals surface area contributed by atoms with Crippen molar-refractivity contribution < 1.29 is 29.0 Å². The zero-order valence-electron chi connectivity index (χ0n) is 12.0. The Balaban J connectivity index is 0.000000384. The van der Waals surface area contributed by atoms with Crippen LogP contribution in [0.3, 0.4) is 0 Å². The maximum Gasteiger partial charge on any atom is 0.336 e. The molecule has 0 spiro atoms. The number of carbonyl (C=O) groups is 3. The van der Waals surface area contributed by atoms with Crippen molar-refractivity contribution in [3.8, 4) is 0 Å². The molecule has 0 aliphatic rings. The van der Waals surface area contributed by atoms with Gasteiger partial charge in [-0.2, -0.15) is 0 Å². The number of esters is 1. The predicted octanol–water partition coefficient (Wildman–Crippen LogP) is 1.95. The summed E-state index contributed by atoms with van der Waals surface area (Å²) in [6, 6.07) is 6.06. The molecule has 6 heteroatoms. The summed E-state index contributed by atoms with van der Waals surface area (Å²) < 4.78 is 9.35. The van der Waals surface area contributed by atoms with E-state index in [0.29, 0.717) is 25.1 Å². The second-order valence-electron chi connectivity index (χ2n) is 3.92. The van der Waals surface area contributed by atoms with Gasteiger partial charge in [0.2, 0.25) is 0 Å². The predicted molar refractivity (Wildman–Crippen MR) is 76.4 cm³/mol. The molecule has 0 unspecified atom stereocenters. The van der Waals surface area contributed by atoms with E-state index in [-0.39, 0.29) is 17.1 Å². The number of ether oxygens (including phenoxy) is 2. The number of rotatable bonds is 6. The molecule has 21 heavy (non-hydrogen) atoms. The van der Waals surface area contributed by atoms with Crippen molar-refractivity contribution in [1.29, 1.82) is 0 Å². The SMILES string of the molecule is C=C(C)C(=O)OCCOC.O=Cc1ccccc1C(=O)O. The average molecular weight is 294 g/mol. The fraction of sp³-hybridized carbons (Fsp3) is 0.267. The molecule has 0 radical (unpaired) electrons. The molecule has 0 bridgehead atoms. The summed E-state index contributed by atoms with van der Waals surface area (Å²) in [4.78, 5) is 31.3. The van der Waals surface area contributed by atoms with Crippen molar-refractivity contribution in [1.82, 2.24) is 0 Å². The quantitative estimate of drug-likeness (QED) is 0.373. The number of aldehydes is 1. The lowest BCUT2D eigenvalue weighted by Gasteiger charge is -2.01. The lowest BCUT2D eigenvalue weighted by Crippen LogP contribution is -2.09. The second kappa shape index (κ2) is 10.3. The van der Waals surface area contributed by atoms with Gasteiger partial charge in [-0.15, -0.1) is 0 Å². The summed E-state index contributed by atoms with van der Waals surface area (Å²) in [6.45, 7) is 5.75. The van der Waals surface area contributed by atoms with Crippen molar-refractivity contribution in [2.24, 2.45) is 0 Å². The van der Waals surface area contributed by atoms with E-state index in [1.807, 2.05) is 0 Å². The van der Waals surface area contributed by atoms with Crippen molar-refractivity contribution in [3.05, 3.63) is 47.5 Å². The van der Waals surface area contributed by atoms with Gasteiger partial charge < -0.3 is 14.6 Å². The normalized spacial score (nSPS) is 9.05. The van der Waals surface area contributed by atoms with Crippen LogP contribution in [0.1, 0.15) is 27.6 Å². The van der Waals surface area contributed by atoms with Crippen LogP contribution in [0.2, 0.25) is 0 Å². The summed E-state index contributed by atoms with van der Waals surface area (Å²) in [5.41, 5.74) is 0.665. The molecule has 1 rings (SSSR count). The van der Waals surface area contributed by atoms with Gasteiger partial charge in [0.25, 0.3) is 0 Å². The molecule has 0 saturated carbocycles. The van der Waals surface area contributed by atoms with E-state index in [2.05, 4.69) is 16.1 Å². The van der Waals surface area contributed by atoms with E-state index in [0.717, 1.165) is 0 Å². The monoisotopic (exact) mass is 294 g/mol. The summed E-state index contributed by atoms with van der Waals surface area (Å²) in [5.74, 6) is -1.44. The topological polar surface area (TPSA) is 89.9 Å². The Labute approximate surface area is 123 Å². The molecule has 114 valence electrons. The van der Waals surface area contributed by atoms with Crippen molar-refractivity contribution in [2.45, 2.75) is 6.92 Å². The third-order valence-corrected chi connectivity index (χ3v) is 2.19. The van der Waals surface area contributed by atoms with Crippen LogP contribution in [0.4, 0.5) is 0 Å². The Bertz CT molecular complexity index is 507. The highest BCUT2D eigenvalue weighted by Gasteiger charge is 2.06. The van der Waals surface area contributed by atoms with Gasteiger partial charge in [-0.3, -0.25) is 4.79 Å². The minimum absolute atomic E-state index is 0.0440. The van der Waals surface area contributed by atoms with Crippen LogP contribution in [0.5, 0.6) is 0 Å². The minimum atomic E-state index is -1.08. The Morgan fingerprint density at radius 3 is 2.33 bits per heavy atom. The molecule has 1 aromatic carbocycles. The van der Waals surface area contributed by atoms with Crippen LogP contribution in [0.15, 0.2) is 36.4 Å². The number of hydrogen-bond acceptors (Lipinski definition) is 5. The van der Waals surface area contributed by atoms with Crippen molar-refractivity contribution >= 4 is 18.2 Å². The van der Waals surface area contributed by atoms with Gasteiger partial charge in [0, 0.05) is 18.2 Å². The highest BCUT2D eigenvalue weighted by atomic mass is 16.6.